The average Bonchev–Trinajstić information content (AvgIpc) is 3.47. The predicted octanol–water partition coefficient (Wildman–Crippen LogP) is 2.99. The van der Waals surface area contributed by atoms with Crippen LogP contribution in [0.5, 0.6) is 5.75 Å². The molecule has 0 radical (unpaired) electrons. The van der Waals surface area contributed by atoms with Crippen molar-refractivity contribution < 1.29 is 28.2 Å². The van der Waals surface area contributed by atoms with Gasteiger partial charge in [-0.15, -0.1) is 0 Å². The van der Waals surface area contributed by atoms with Gasteiger partial charge in [-0.05, 0) is 55.8 Å². The molecule has 11 nitrogen and oxygen atoms in total. The Balaban J connectivity index is 1.14. The van der Waals surface area contributed by atoms with Gasteiger partial charge in [-0.25, -0.2) is 14.4 Å². The lowest BCUT2D eigenvalue weighted by molar-refractivity contribution is -0.141. The summed E-state index contributed by atoms with van der Waals surface area (Å²) in [6.07, 6.45) is 4.50. The molecule has 13 heteroatoms. The molecule has 2 fully saturated rings. The fourth-order valence-corrected chi connectivity index (χ4v) is 5.88. The number of imidazole rings is 1. The Bertz CT molecular complexity index is 1720. The van der Waals surface area contributed by atoms with Crippen molar-refractivity contribution in [3.8, 4) is 17.0 Å². The van der Waals surface area contributed by atoms with E-state index in [2.05, 4.69) is 20.6 Å². The average molecular weight is 606 g/mol. The number of carbonyl (C=O) groups excluding carboxylic acids is 2. The Hall–Kier alpha value is -4.62. The monoisotopic (exact) mass is 605 g/mol. The number of β-amino-alcohol motifs (C(OH)–C–C–N with tert-alkyl or cyclic N) is 1. The second kappa shape index (κ2) is 12.2. The van der Waals surface area contributed by atoms with Crippen molar-refractivity contribution in [1.29, 1.82) is 0 Å². The smallest absolute Gasteiger partial charge is 0.254 e. The second-order valence-electron chi connectivity index (χ2n) is 11.0. The van der Waals surface area contributed by atoms with Crippen molar-refractivity contribution in [3.05, 3.63) is 71.7 Å². The molecule has 2 unspecified atom stereocenters. The quantitative estimate of drug-likeness (QED) is 0.307. The highest BCUT2D eigenvalue weighted by molar-refractivity contribution is 5.96. The van der Waals surface area contributed by atoms with E-state index in [0.717, 1.165) is 5.56 Å². The molecule has 2 aliphatic rings. The summed E-state index contributed by atoms with van der Waals surface area (Å²) in [5, 5.41) is 16.5. The maximum Gasteiger partial charge on any atom is 0.254 e. The number of halogens is 2. The van der Waals surface area contributed by atoms with E-state index in [0.29, 0.717) is 74.1 Å². The molecule has 0 bridgehead atoms. The number of rotatable bonds is 6. The summed E-state index contributed by atoms with van der Waals surface area (Å²) >= 11 is 0. The largest absolute Gasteiger partial charge is 0.494 e. The third-order valence-electron chi connectivity index (χ3n) is 8.34. The molecule has 4 heterocycles. The highest BCUT2D eigenvalue weighted by Gasteiger charge is 2.34. The summed E-state index contributed by atoms with van der Waals surface area (Å²) in [5.74, 6) is -2.48. The number of piperazine rings is 1. The van der Waals surface area contributed by atoms with E-state index in [1.54, 1.807) is 32.5 Å². The molecule has 2 aromatic carbocycles. The van der Waals surface area contributed by atoms with Gasteiger partial charge >= 0.3 is 0 Å². The van der Waals surface area contributed by atoms with E-state index in [4.69, 9.17) is 4.74 Å². The molecular weight excluding hydrogens is 572 g/mol. The van der Waals surface area contributed by atoms with Gasteiger partial charge in [0, 0.05) is 61.9 Å². The molecule has 2 aromatic heterocycles. The number of methoxy groups -OCH3 is 1. The van der Waals surface area contributed by atoms with Crippen LogP contribution >= 0.6 is 0 Å². The van der Waals surface area contributed by atoms with Crippen molar-refractivity contribution in [1.82, 2.24) is 29.5 Å². The number of aryl methyl sites for hydroxylation is 1. The molecule has 3 N–H and O–H groups in total. The Morgan fingerprint density at radius 1 is 1.07 bits per heavy atom. The normalized spacial score (nSPS) is 18.8. The zero-order valence-corrected chi connectivity index (χ0v) is 24.4. The van der Waals surface area contributed by atoms with Crippen molar-refractivity contribution in [3.63, 3.8) is 0 Å². The number of aliphatic hydroxyl groups excluding tert-OH is 1. The third-order valence-corrected chi connectivity index (χ3v) is 8.34. The molecule has 2 saturated heterocycles. The first-order chi connectivity index (χ1) is 21.3. The number of aromatic nitrogens is 3. The number of piperidine rings is 1. The van der Waals surface area contributed by atoms with Gasteiger partial charge in [0.05, 0.1) is 31.0 Å². The van der Waals surface area contributed by atoms with E-state index in [1.165, 1.54) is 31.6 Å². The van der Waals surface area contributed by atoms with Gasteiger partial charge in [-0.2, -0.15) is 4.39 Å². The number of ether oxygens (including phenoxy) is 1. The number of nitrogens with one attached hydrogen (secondary N) is 2. The van der Waals surface area contributed by atoms with Gasteiger partial charge in [-0.1, -0.05) is 0 Å². The van der Waals surface area contributed by atoms with Crippen LogP contribution in [0.15, 0.2) is 48.9 Å². The van der Waals surface area contributed by atoms with E-state index >= 15 is 0 Å². The zero-order valence-electron chi connectivity index (χ0n) is 24.4. The number of nitrogens with zero attached hydrogens (tertiary/aromatic N) is 5. The number of hydrogen-bond acceptors (Lipinski definition) is 8. The molecule has 2 atom stereocenters. The minimum absolute atomic E-state index is 0.0285. The summed E-state index contributed by atoms with van der Waals surface area (Å²) in [6, 6.07) is 8.14. The molecule has 6 rings (SSSR count). The lowest BCUT2D eigenvalue weighted by Gasteiger charge is -2.38. The molecule has 0 spiro atoms. The number of carbonyl (C=O) groups is 2. The first-order valence-electron chi connectivity index (χ1n) is 14.5. The SMILES string of the molecule is COc1ccc(-c2cnc3c(Nc4ccc(C(=O)N5CCN(C(=O)C6CCNCC6O)CC5)c(C)c4)nccn23)c(F)c1F. The standard InChI is InChI=1S/C31H33F2N7O4/c1-18-15-19(3-4-20(18)30(42)38-11-13-39(14-12-38)31(43)22-7-8-34-17-24(22)41)37-28-29-36-16-23(40(29)10-9-35-28)21-5-6-25(44-2)27(33)26(21)32/h3-6,9-10,15-16,22,24,34,41H,7-8,11-14,17H2,1-2H3,(H,35,37). The molecule has 0 saturated carbocycles. The van der Waals surface area contributed by atoms with E-state index in [1.807, 2.05) is 13.0 Å². The minimum Gasteiger partial charge on any atom is -0.494 e. The van der Waals surface area contributed by atoms with Crippen molar-refractivity contribution in [2.24, 2.45) is 5.92 Å². The van der Waals surface area contributed by atoms with Crippen LogP contribution in [0.2, 0.25) is 0 Å². The Morgan fingerprint density at radius 2 is 1.84 bits per heavy atom. The fraction of sp³-hybridized carbons (Fsp3) is 0.355. The molecular formula is C31H33F2N7O4. The number of amides is 2. The van der Waals surface area contributed by atoms with Crippen molar-refractivity contribution in [2.45, 2.75) is 19.4 Å². The van der Waals surface area contributed by atoms with E-state index in [9.17, 15) is 23.5 Å². The lowest BCUT2D eigenvalue weighted by atomic mass is 9.93. The van der Waals surface area contributed by atoms with Crippen LogP contribution in [0.1, 0.15) is 22.3 Å². The molecule has 0 aliphatic carbocycles. The lowest BCUT2D eigenvalue weighted by Crippen LogP contribution is -2.55. The van der Waals surface area contributed by atoms with Crippen LogP contribution in [0.25, 0.3) is 16.9 Å². The third kappa shape index (κ3) is 5.44. The topological polar surface area (TPSA) is 124 Å². The summed E-state index contributed by atoms with van der Waals surface area (Å²) < 4.78 is 35.7. The Morgan fingerprint density at radius 3 is 2.57 bits per heavy atom. The molecule has 2 aliphatic heterocycles. The number of fused-ring (bicyclic) bond motifs is 1. The van der Waals surface area contributed by atoms with E-state index < -0.39 is 23.7 Å². The summed E-state index contributed by atoms with van der Waals surface area (Å²) in [6.45, 7) is 4.65. The van der Waals surface area contributed by atoms with Crippen LogP contribution in [0.3, 0.4) is 0 Å². The fourth-order valence-electron chi connectivity index (χ4n) is 5.88. The minimum atomic E-state index is -1.08. The maximum atomic E-state index is 14.8. The highest BCUT2D eigenvalue weighted by atomic mass is 19.2. The zero-order chi connectivity index (χ0) is 31.0. The van der Waals surface area contributed by atoms with Crippen LogP contribution in [-0.2, 0) is 4.79 Å². The highest BCUT2D eigenvalue weighted by Crippen LogP contribution is 2.32. The van der Waals surface area contributed by atoms with E-state index in [-0.39, 0.29) is 23.1 Å². The van der Waals surface area contributed by atoms with Crippen molar-refractivity contribution >= 4 is 29.0 Å². The molecule has 4 aromatic rings. The van der Waals surface area contributed by atoms with Gasteiger partial charge in [0.1, 0.15) is 0 Å². The summed E-state index contributed by atoms with van der Waals surface area (Å²) in [5.41, 5.74) is 2.75. The van der Waals surface area contributed by atoms with Gasteiger partial charge < -0.3 is 30.3 Å². The first-order valence-corrected chi connectivity index (χ1v) is 14.5. The Labute approximate surface area is 252 Å². The number of benzene rings is 2. The van der Waals surface area contributed by atoms with Crippen LogP contribution in [0, 0.1) is 24.5 Å². The number of aliphatic hydroxyl groups is 1. The van der Waals surface area contributed by atoms with Crippen LogP contribution < -0.4 is 15.4 Å². The maximum absolute atomic E-state index is 14.8. The molecule has 230 valence electrons. The van der Waals surface area contributed by atoms with Gasteiger partial charge in [-0.3, -0.25) is 14.0 Å². The summed E-state index contributed by atoms with van der Waals surface area (Å²) in [7, 11) is 1.27. The predicted molar refractivity (Wildman–Crippen MR) is 159 cm³/mol. The summed E-state index contributed by atoms with van der Waals surface area (Å²) in [4.78, 5) is 38.6. The van der Waals surface area contributed by atoms with Crippen LogP contribution in [-0.4, -0.2) is 93.6 Å². The number of anilines is 2. The molecule has 2 amide bonds. The van der Waals surface area contributed by atoms with Gasteiger partial charge in [0.2, 0.25) is 11.7 Å². The van der Waals surface area contributed by atoms with Gasteiger partial charge in [0.15, 0.2) is 23.0 Å². The first kappa shape index (κ1) is 29.5. The molecule has 44 heavy (non-hydrogen) atoms. The Kier molecular flexibility index (Phi) is 8.15. The van der Waals surface area contributed by atoms with Gasteiger partial charge in [0.25, 0.3) is 5.91 Å². The second-order valence-corrected chi connectivity index (χ2v) is 11.0. The van der Waals surface area contributed by atoms with Crippen molar-refractivity contribution in [2.75, 3.05) is 51.7 Å². The van der Waals surface area contributed by atoms with Crippen LogP contribution in [0.4, 0.5) is 20.3 Å². The number of hydrogen-bond donors (Lipinski definition) is 3.